The smallest absolute Gasteiger partial charge is 0.251 e. The van der Waals surface area contributed by atoms with E-state index in [1.807, 2.05) is 24.3 Å². The van der Waals surface area contributed by atoms with Crippen LogP contribution in [0.3, 0.4) is 0 Å². The number of nitrogens with one attached hydrogen (secondary N) is 3. The number of methoxy groups -OCH3 is 1. The quantitative estimate of drug-likeness (QED) is 0.477. The van der Waals surface area contributed by atoms with Gasteiger partial charge in [0.2, 0.25) is 5.91 Å². The van der Waals surface area contributed by atoms with Crippen LogP contribution in [0, 0.1) is 0 Å². The first-order valence-electron chi connectivity index (χ1n) is 9.76. The van der Waals surface area contributed by atoms with Gasteiger partial charge in [-0.1, -0.05) is 13.3 Å². The van der Waals surface area contributed by atoms with Gasteiger partial charge in [-0.15, -0.1) is 0 Å². The van der Waals surface area contributed by atoms with Crippen molar-refractivity contribution in [1.29, 1.82) is 0 Å². The Morgan fingerprint density at radius 3 is 2.28 bits per heavy atom. The average Bonchev–Trinajstić information content (AvgIpc) is 2.74. The van der Waals surface area contributed by atoms with Gasteiger partial charge in [-0.05, 0) is 55.0 Å². The minimum absolute atomic E-state index is 0.104. The zero-order valence-electron chi connectivity index (χ0n) is 17.0. The van der Waals surface area contributed by atoms with E-state index in [1.54, 1.807) is 31.4 Å². The van der Waals surface area contributed by atoms with Crippen molar-refractivity contribution in [1.82, 2.24) is 5.32 Å². The highest BCUT2D eigenvalue weighted by atomic mass is 16.5. The molecule has 0 unspecified atom stereocenters. The molecule has 0 saturated carbocycles. The third kappa shape index (κ3) is 8.23. The van der Waals surface area contributed by atoms with E-state index in [1.165, 1.54) is 0 Å². The summed E-state index contributed by atoms with van der Waals surface area (Å²) in [6.45, 7) is 3.89. The number of ether oxygens (including phenoxy) is 2. The summed E-state index contributed by atoms with van der Waals surface area (Å²) in [5, 5.41) is 8.73. The predicted octanol–water partition coefficient (Wildman–Crippen LogP) is 3.29. The van der Waals surface area contributed by atoms with Crippen LogP contribution in [0.1, 0.15) is 30.1 Å². The van der Waals surface area contributed by atoms with Crippen LogP contribution in [0.15, 0.2) is 48.5 Å². The van der Waals surface area contributed by atoms with Crippen LogP contribution in [0.25, 0.3) is 0 Å². The van der Waals surface area contributed by atoms with E-state index in [4.69, 9.17) is 9.47 Å². The highest BCUT2D eigenvalue weighted by molar-refractivity contribution is 5.96. The fourth-order valence-corrected chi connectivity index (χ4v) is 2.49. The van der Waals surface area contributed by atoms with E-state index in [0.717, 1.165) is 24.3 Å². The van der Waals surface area contributed by atoms with Gasteiger partial charge in [0.25, 0.3) is 5.91 Å². The molecule has 2 aromatic rings. The largest absolute Gasteiger partial charge is 0.491 e. The van der Waals surface area contributed by atoms with Crippen LogP contribution in [0.4, 0.5) is 11.4 Å². The summed E-state index contributed by atoms with van der Waals surface area (Å²) in [4.78, 5) is 24.1. The number of anilines is 2. The summed E-state index contributed by atoms with van der Waals surface area (Å²) in [5.41, 5.74) is 2.03. The van der Waals surface area contributed by atoms with Crippen molar-refractivity contribution in [3.63, 3.8) is 0 Å². The molecule has 2 rings (SSSR count). The Bertz CT molecular complexity index is 761. The first-order chi connectivity index (χ1) is 14.1. The standard InChI is InChI=1S/C22H29N3O4/c1-3-4-13-23-22(27)17-5-7-19(8-6-17)25-21(26)16-24-18-9-11-20(12-10-18)29-15-14-28-2/h5-12,24H,3-4,13-16H2,1-2H3,(H,23,27)(H,25,26). The molecule has 0 atom stereocenters. The molecule has 0 spiro atoms. The summed E-state index contributed by atoms with van der Waals surface area (Å²) < 4.78 is 10.4. The molecule has 7 nitrogen and oxygen atoms in total. The number of hydrogen-bond donors (Lipinski definition) is 3. The maximum atomic E-state index is 12.1. The Kier molecular flexibility index (Phi) is 9.51. The molecule has 0 radical (unpaired) electrons. The predicted molar refractivity (Wildman–Crippen MR) is 115 cm³/mol. The lowest BCUT2D eigenvalue weighted by molar-refractivity contribution is -0.114. The number of benzene rings is 2. The minimum Gasteiger partial charge on any atom is -0.491 e. The van der Waals surface area contributed by atoms with Gasteiger partial charge in [-0.25, -0.2) is 0 Å². The molecule has 29 heavy (non-hydrogen) atoms. The van der Waals surface area contributed by atoms with Gasteiger partial charge in [0.05, 0.1) is 13.2 Å². The van der Waals surface area contributed by atoms with Crippen molar-refractivity contribution < 1.29 is 19.1 Å². The minimum atomic E-state index is -0.175. The third-order valence-corrected chi connectivity index (χ3v) is 4.11. The van der Waals surface area contributed by atoms with E-state index in [2.05, 4.69) is 22.9 Å². The van der Waals surface area contributed by atoms with Crippen molar-refractivity contribution in [2.24, 2.45) is 0 Å². The maximum absolute atomic E-state index is 12.1. The molecule has 0 saturated heterocycles. The number of amides is 2. The molecule has 156 valence electrons. The molecular formula is C22H29N3O4. The third-order valence-electron chi connectivity index (χ3n) is 4.11. The zero-order valence-corrected chi connectivity index (χ0v) is 17.0. The average molecular weight is 399 g/mol. The SMILES string of the molecule is CCCCNC(=O)c1ccc(NC(=O)CNc2ccc(OCCOC)cc2)cc1. The van der Waals surface area contributed by atoms with Gasteiger partial charge >= 0.3 is 0 Å². The normalized spacial score (nSPS) is 10.3. The fourth-order valence-electron chi connectivity index (χ4n) is 2.49. The summed E-state index contributed by atoms with van der Waals surface area (Å²) in [7, 11) is 1.63. The summed E-state index contributed by atoms with van der Waals surface area (Å²) in [5.74, 6) is 0.467. The molecule has 0 bridgehead atoms. The maximum Gasteiger partial charge on any atom is 0.251 e. The number of hydrogen-bond acceptors (Lipinski definition) is 5. The second kappa shape index (κ2) is 12.4. The Balaban J connectivity index is 1.75. The van der Waals surface area contributed by atoms with E-state index in [9.17, 15) is 9.59 Å². The second-order valence-corrected chi connectivity index (χ2v) is 6.45. The van der Waals surface area contributed by atoms with E-state index in [0.29, 0.717) is 31.0 Å². The van der Waals surface area contributed by atoms with Crippen LogP contribution in [0.2, 0.25) is 0 Å². The van der Waals surface area contributed by atoms with Crippen LogP contribution < -0.4 is 20.7 Å². The number of carbonyl (C=O) groups is 2. The number of rotatable bonds is 12. The first kappa shape index (κ1) is 22.2. The Hall–Kier alpha value is -3.06. The van der Waals surface area contributed by atoms with Gasteiger partial charge in [0.1, 0.15) is 12.4 Å². The molecule has 0 fully saturated rings. The lowest BCUT2D eigenvalue weighted by Crippen LogP contribution is -2.24. The molecule has 0 heterocycles. The van der Waals surface area contributed by atoms with Gasteiger partial charge in [-0.2, -0.15) is 0 Å². The molecule has 0 aliphatic carbocycles. The molecule has 2 aromatic carbocycles. The van der Waals surface area contributed by atoms with E-state index >= 15 is 0 Å². The van der Waals surface area contributed by atoms with Crippen molar-refractivity contribution in [2.45, 2.75) is 19.8 Å². The monoisotopic (exact) mass is 399 g/mol. The van der Waals surface area contributed by atoms with E-state index < -0.39 is 0 Å². The highest BCUT2D eigenvalue weighted by Crippen LogP contribution is 2.15. The Morgan fingerprint density at radius 1 is 0.931 bits per heavy atom. The second-order valence-electron chi connectivity index (χ2n) is 6.45. The van der Waals surface area contributed by atoms with Crippen LogP contribution in [-0.4, -0.2) is 45.2 Å². The molecule has 2 amide bonds. The molecule has 0 aliphatic heterocycles. The molecule has 0 aliphatic rings. The Labute approximate surface area is 171 Å². The lowest BCUT2D eigenvalue weighted by atomic mass is 10.2. The lowest BCUT2D eigenvalue weighted by Gasteiger charge is -2.10. The Morgan fingerprint density at radius 2 is 1.62 bits per heavy atom. The van der Waals surface area contributed by atoms with Crippen LogP contribution >= 0.6 is 0 Å². The number of unbranched alkanes of at least 4 members (excludes halogenated alkanes) is 1. The van der Waals surface area contributed by atoms with Crippen molar-refractivity contribution in [3.8, 4) is 5.75 Å². The van der Waals surface area contributed by atoms with Gasteiger partial charge in [0, 0.05) is 30.6 Å². The van der Waals surface area contributed by atoms with Crippen molar-refractivity contribution in [2.75, 3.05) is 44.0 Å². The molecule has 0 aromatic heterocycles. The summed E-state index contributed by atoms with van der Waals surface area (Å²) >= 11 is 0. The van der Waals surface area contributed by atoms with Crippen molar-refractivity contribution in [3.05, 3.63) is 54.1 Å². The van der Waals surface area contributed by atoms with Crippen molar-refractivity contribution >= 4 is 23.2 Å². The highest BCUT2D eigenvalue weighted by Gasteiger charge is 2.06. The van der Waals surface area contributed by atoms with Gasteiger partial charge in [-0.3, -0.25) is 9.59 Å². The summed E-state index contributed by atoms with van der Waals surface area (Å²) in [6.07, 6.45) is 1.99. The number of carbonyl (C=O) groups excluding carboxylic acids is 2. The zero-order chi connectivity index (χ0) is 20.9. The molecule has 7 heteroatoms. The molecular weight excluding hydrogens is 370 g/mol. The topological polar surface area (TPSA) is 88.7 Å². The first-order valence-corrected chi connectivity index (χ1v) is 9.76. The van der Waals surface area contributed by atoms with Crippen LogP contribution in [0.5, 0.6) is 5.75 Å². The van der Waals surface area contributed by atoms with E-state index in [-0.39, 0.29) is 18.4 Å². The van der Waals surface area contributed by atoms with Crippen LogP contribution in [-0.2, 0) is 9.53 Å². The van der Waals surface area contributed by atoms with Gasteiger partial charge in [0.15, 0.2) is 0 Å². The summed E-state index contributed by atoms with van der Waals surface area (Å²) in [6, 6.07) is 14.2. The van der Waals surface area contributed by atoms with Gasteiger partial charge < -0.3 is 25.4 Å². The molecule has 3 N–H and O–H groups in total. The fraction of sp³-hybridized carbons (Fsp3) is 0.364.